The third-order valence-electron chi connectivity index (χ3n) is 3.13. The summed E-state index contributed by atoms with van der Waals surface area (Å²) in [7, 11) is 0. The lowest BCUT2D eigenvalue weighted by molar-refractivity contribution is 0.305. The molecule has 0 saturated heterocycles. The van der Waals surface area contributed by atoms with Gasteiger partial charge in [0.25, 0.3) is 0 Å². The van der Waals surface area contributed by atoms with E-state index in [1.54, 1.807) is 6.08 Å². The molecular weight excluding hydrogens is 248 g/mol. The molecular formula is C18H20O2. The lowest BCUT2D eigenvalue weighted by Crippen LogP contribution is -1.97. The Morgan fingerprint density at radius 1 is 1.05 bits per heavy atom. The lowest BCUT2D eigenvalue weighted by Gasteiger charge is -2.11. The standard InChI is InChI=1S/C18H20O2/c1-2-15-10-11-17(9-6-12-19)18(13-15)20-14-16-7-4-3-5-8-16/h3-11,13,19H,2,12,14H2,1H3. The van der Waals surface area contributed by atoms with Crippen molar-refractivity contribution in [2.24, 2.45) is 0 Å². The van der Waals surface area contributed by atoms with E-state index in [0.717, 1.165) is 23.3 Å². The highest BCUT2D eigenvalue weighted by molar-refractivity contribution is 5.58. The molecule has 0 aliphatic rings. The van der Waals surface area contributed by atoms with E-state index < -0.39 is 0 Å². The van der Waals surface area contributed by atoms with Gasteiger partial charge in [0.15, 0.2) is 0 Å². The molecule has 0 aliphatic heterocycles. The Bertz CT molecular complexity index is 559. The molecule has 2 aromatic carbocycles. The van der Waals surface area contributed by atoms with E-state index in [-0.39, 0.29) is 6.61 Å². The van der Waals surface area contributed by atoms with Gasteiger partial charge in [-0.25, -0.2) is 0 Å². The van der Waals surface area contributed by atoms with Crippen molar-refractivity contribution in [1.82, 2.24) is 0 Å². The van der Waals surface area contributed by atoms with Crippen LogP contribution in [0.1, 0.15) is 23.6 Å². The number of ether oxygens (including phenoxy) is 1. The zero-order valence-corrected chi connectivity index (χ0v) is 11.8. The summed E-state index contributed by atoms with van der Waals surface area (Å²) in [6, 6.07) is 16.3. The van der Waals surface area contributed by atoms with Crippen LogP contribution in [0.3, 0.4) is 0 Å². The van der Waals surface area contributed by atoms with Crippen molar-refractivity contribution in [3.63, 3.8) is 0 Å². The van der Waals surface area contributed by atoms with Crippen molar-refractivity contribution in [2.75, 3.05) is 6.61 Å². The van der Waals surface area contributed by atoms with Crippen molar-refractivity contribution in [2.45, 2.75) is 20.0 Å². The van der Waals surface area contributed by atoms with Gasteiger partial charge in [-0.1, -0.05) is 61.5 Å². The Morgan fingerprint density at radius 2 is 1.85 bits per heavy atom. The fourth-order valence-corrected chi connectivity index (χ4v) is 1.98. The van der Waals surface area contributed by atoms with Crippen molar-refractivity contribution in [3.05, 3.63) is 71.3 Å². The summed E-state index contributed by atoms with van der Waals surface area (Å²) < 4.78 is 5.93. The summed E-state index contributed by atoms with van der Waals surface area (Å²) in [5.41, 5.74) is 3.38. The highest BCUT2D eigenvalue weighted by Crippen LogP contribution is 2.23. The molecule has 0 amide bonds. The number of hydrogen-bond donors (Lipinski definition) is 1. The van der Waals surface area contributed by atoms with Gasteiger partial charge in [-0.2, -0.15) is 0 Å². The van der Waals surface area contributed by atoms with Gasteiger partial charge in [0.1, 0.15) is 12.4 Å². The van der Waals surface area contributed by atoms with Gasteiger partial charge in [0.2, 0.25) is 0 Å². The highest BCUT2D eigenvalue weighted by atomic mass is 16.5. The molecule has 0 spiro atoms. The second kappa shape index (κ2) is 7.51. The predicted molar refractivity (Wildman–Crippen MR) is 82.7 cm³/mol. The Balaban J connectivity index is 2.17. The van der Waals surface area contributed by atoms with Crippen LogP contribution in [0.25, 0.3) is 6.08 Å². The van der Waals surface area contributed by atoms with Gasteiger partial charge in [0.05, 0.1) is 6.61 Å². The molecule has 1 N–H and O–H groups in total. The minimum atomic E-state index is 0.0354. The Kier molecular flexibility index (Phi) is 5.39. The molecule has 0 fully saturated rings. The van der Waals surface area contributed by atoms with Crippen molar-refractivity contribution >= 4 is 6.08 Å². The Morgan fingerprint density at radius 3 is 2.55 bits per heavy atom. The second-order valence-corrected chi connectivity index (χ2v) is 4.58. The molecule has 104 valence electrons. The first-order chi connectivity index (χ1) is 9.83. The van der Waals surface area contributed by atoms with Gasteiger partial charge in [-0.15, -0.1) is 0 Å². The van der Waals surface area contributed by atoms with Crippen molar-refractivity contribution in [1.29, 1.82) is 0 Å². The van der Waals surface area contributed by atoms with Crippen LogP contribution in [-0.2, 0) is 13.0 Å². The van der Waals surface area contributed by atoms with Crippen LogP contribution in [-0.4, -0.2) is 11.7 Å². The maximum atomic E-state index is 8.90. The summed E-state index contributed by atoms with van der Waals surface area (Å²) in [4.78, 5) is 0. The van der Waals surface area contributed by atoms with Crippen molar-refractivity contribution < 1.29 is 9.84 Å². The number of hydrogen-bond acceptors (Lipinski definition) is 2. The van der Waals surface area contributed by atoms with Gasteiger partial charge < -0.3 is 9.84 Å². The minimum Gasteiger partial charge on any atom is -0.488 e. The first-order valence-corrected chi connectivity index (χ1v) is 6.90. The first-order valence-electron chi connectivity index (χ1n) is 6.90. The van der Waals surface area contributed by atoms with Crippen LogP contribution in [0.5, 0.6) is 5.75 Å². The van der Waals surface area contributed by atoms with Gasteiger partial charge >= 0.3 is 0 Å². The lowest BCUT2D eigenvalue weighted by atomic mass is 10.1. The second-order valence-electron chi connectivity index (χ2n) is 4.58. The van der Waals surface area contributed by atoms with Crippen LogP contribution in [0.15, 0.2) is 54.6 Å². The topological polar surface area (TPSA) is 29.5 Å². The summed E-state index contributed by atoms with van der Waals surface area (Å²) >= 11 is 0. The van der Waals surface area contributed by atoms with E-state index in [4.69, 9.17) is 9.84 Å². The molecule has 0 saturated carbocycles. The predicted octanol–water partition coefficient (Wildman–Crippen LogP) is 3.83. The smallest absolute Gasteiger partial charge is 0.127 e. The number of benzene rings is 2. The molecule has 0 unspecified atom stereocenters. The molecule has 0 heterocycles. The zero-order chi connectivity index (χ0) is 14.2. The van der Waals surface area contributed by atoms with E-state index in [1.807, 2.05) is 42.5 Å². The van der Waals surface area contributed by atoms with E-state index in [0.29, 0.717) is 6.61 Å². The summed E-state index contributed by atoms with van der Waals surface area (Å²) in [5, 5.41) is 8.90. The average molecular weight is 268 g/mol. The number of aliphatic hydroxyl groups excluding tert-OH is 1. The van der Waals surface area contributed by atoms with E-state index in [2.05, 4.69) is 19.1 Å². The fraction of sp³-hybridized carbons (Fsp3) is 0.222. The number of aryl methyl sites for hydroxylation is 1. The Hall–Kier alpha value is -2.06. The molecule has 0 atom stereocenters. The van der Waals surface area contributed by atoms with E-state index in [1.165, 1.54) is 5.56 Å². The average Bonchev–Trinajstić information content (AvgIpc) is 2.52. The number of aliphatic hydroxyl groups is 1. The molecule has 0 bridgehead atoms. The molecule has 20 heavy (non-hydrogen) atoms. The summed E-state index contributed by atoms with van der Waals surface area (Å²) in [6.45, 7) is 2.71. The third kappa shape index (κ3) is 3.97. The SMILES string of the molecule is CCc1ccc(C=CCO)c(OCc2ccccc2)c1. The van der Waals surface area contributed by atoms with Crippen molar-refractivity contribution in [3.8, 4) is 5.75 Å². The first kappa shape index (κ1) is 14.4. The highest BCUT2D eigenvalue weighted by Gasteiger charge is 2.03. The molecule has 2 nitrogen and oxygen atoms in total. The monoisotopic (exact) mass is 268 g/mol. The maximum Gasteiger partial charge on any atom is 0.127 e. The zero-order valence-electron chi connectivity index (χ0n) is 11.8. The maximum absolute atomic E-state index is 8.90. The quantitative estimate of drug-likeness (QED) is 0.862. The molecule has 0 aliphatic carbocycles. The fourth-order valence-electron chi connectivity index (χ4n) is 1.98. The molecule has 2 heteroatoms. The largest absolute Gasteiger partial charge is 0.488 e. The summed E-state index contributed by atoms with van der Waals surface area (Å²) in [6.07, 6.45) is 4.59. The van der Waals surface area contributed by atoms with E-state index >= 15 is 0 Å². The summed E-state index contributed by atoms with van der Waals surface area (Å²) in [5.74, 6) is 0.859. The van der Waals surface area contributed by atoms with Crippen LogP contribution >= 0.6 is 0 Å². The van der Waals surface area contributed by atoms with E-state index in [9.17, 15) is 0 Å². The molecule has 2 rings (SSSR count). The third-order valence-corrected chi connectivity index (χ3v) is 3.13. The van der Waals surface area contributed by atoms with Crippen LogP contribution in [0.2, 0.25) is 0 Å². The van der Waals surface area contributed by atoms with Crippen LogP contribution in [0, 0.1) is 0 Å². The Labute approximate surface area is 120 Å². The normalized spacial score (nSPS) is 10.9. The number of rotatable bonds is 6. The molecule has 0 aromatic heterocycles. The molecule has 2 aromatic rings. The van der Waals surface area contributed by atoms with Crippen LogP contribution in [0.4, 0.5) is 0 Å². The van der Waals surface area contributed by atoms with Gasteiger partial charge in [-0.3, -0.25) is 0 Å². The minimum absolute atomic E-state index is 0.0354. The van der Waals surface area contributed by atoms with Gasteiger partial charge in [-0.05, 0) is 23.6 Å². The van der Waals surface area contributed by atoms with Crippen LogP contribution < -0.4 is 4.74 Å². The van der Waals surface area contributed by atoms with Gasteiger partial charge in [0, 0.05) is 5.56 Å². The molecule has 0 radical (unpaired) electrons.